The molecule has 0 fully saturated rings. The molecule has 0 unspecified atom stereocenters. The Morgan fingerprint density at radius 2 is 0.806 bits per heavy atom. The summed E-state index contributed by atoms with van der Waals surface area (Å²) in [5.74, 6) is -0.111. The maximum absolute atomic E-state index is 11.3. The van der Waals surface area contributed by atoms with E-state index in [0.29, 0.717) is 91.8 Å². The van der Waals surface area contributed by atoms with E-state index in [9.17, 15) is 9.59 Å². The molecule has 0 bridgehead atoms. The predicted octanol–water partition coefficient (Wildman–Crippen LogP) is 0.266. The van der Waals surface area contributed by atoms with Gasteiger partial charge in [0.1, 0.15) is 0 Å². The van der Waals surface area contributed by atoms with Crippen molar-refractivity contribution in [3.8, 4) is 0 Å². The third kappa shape index (κ3) is 16.2. The minimum Gasteiger partial charge on any atom is -0.378 e. The number of carbonyl (C=O) groups excluding carboxylic acids is 2. The lowest BCUT2D eigenvalue weighted by atomic mass is 10.5. The average molecular weight is 468 g/mol. The van der Waals surface area contributed by atoms with Crippen molar-refractivity contribution in [2.24, 2.45) is 0 Å². The minimum absolute atomic E-state index is 0.247. The Morgan fingerprint density at radius 3 is 1.13 bits per heavy atom. The van der Waals surface area contributed by atoms with E-state index in [-0.39, 0.29) is 25.0 Å². The Bertz CT molecular complexity index is 475. The number of alkyl halides is 1. The van der Waals surface area contributed by atoms with E-state index in [4.69, 9.17) is 44.8 Å². The number of rotatable bonds is 23. The second-order valence-corrected chi connectivity index (χ2v) is 6.52. The molecule has 0 saturated carbocycles. The Kier molecular flexibility index (Phi) is 18.7. The van der Waals surface area contributed by atoms with Gasteiger partial charge in [-0.3, -0.25) is 14.5 Å². The normalized spacial score (nSPS) is 13.6. The van der Waals surface area contributed by atoms with Gasteiger partial charge in [-0.15, -0.1) is 11.6 Å². The number of carbonyl (C=O) groups is 2. The first-order valence-corrected chi connectivity index (χ1v) is 10.9. The molecule has 1 rings (SSSR count). The summed E-state index contributed by atoms with van der Waals surface area (Å²) in [6, 6.07) is 0. The summed E-state index contributed by atoms with van der Waals surface area (Å²) in [6.45, 7) is 6.89. The van der Waals surface area contributed by atoms with E-state index in [0.717, 1.165) is 4.90 Å². The van der Waals surface area contributed by atoms with E-state index in [1.54, 1.807) is 0 Å². The SMILES string of the molecule is O=C1C=CC(=O)N1CCOCCOCCOCCOCCOCCOCCOCCCl. The lowest BCUT2D eigenvalue weighted by Gasteiger charge is -2.13. The summed E-state index contributed by atoms with van der Waals surface area (Å²) in [7, 11) is 0. The van der Waals surface area contributed by atoms with E-state index >= 15 is 0 Å². The summed E-state index contributed by atoms with van der Waals surface area (Å²) in [6.07, 6.45) is 2.51. The topological polar surface area (TPSA) is 102 Å². The largest absolute Gasteiger partial charge is 0.378 e. The Balaban J connectivity index is 1.68. The van der Waals surface area contributed by atoms with Gasteiger partial charge in [0, 0.05) is 18.0 Å². The molecule has 0 saturated heterocycles. The van der Waals surface area contributed by atoms with E-state index in [1.807, 2.05) is 0 Å². The molecule has 1 heterocycles. The fraction of sp³-hybridized carbons (Fsp3) is 0.800. The maximum atomic E-state index is 11.3. The number of nitrogens with zero attached hydrogens (tertiary/aromatic N) is 1. The van der Waals surface area contributed by atoms with Crippen LogP contribution < -0.4 is 0 Å². The molecule has 31 heavy (non-hydrogen) atoms. The number of halogens is 1. The molecule has 0 aliphatic carbocycles. The van der Waals surface area contributed by atoms with Gasteiger partial charge in [-0.1, -0.05) is 0 Å². The van der Waals surface area contributed by atoms with Crippen molar-refractivity contribution in [2.75, 3.05) is 105 Å². The van der Waals surface area contributed by atoms with Gasteiger partial charge in [0.15, 0.2) is 0 Å². The van der Waals surface area contributed by atoms with Crippen LogP contribution in [0, 0.1) is 0 Å². The Morgan fingerprint density at radius 1 is 0.516 bits per heavy atom. The summed E-state index contributed by atoms with van der Waals surface area (Å²) < 4.78 is 37.4. The predicted molar refractivity (Wildman–Crippen MR) is 112 cm³/mol. The molecular formula is C20H34ClNO9. The van der Waals surface area contributed by atoms with E-state index in [1.165, 1.54) is 12.2 Å². The van der Waals surface area contributed by atoms with Crippen molar-refractivity contribution >= 4 is 23.4 Å². The number of amides is 2. The van der Waals surface area contributed by atoms with Crippen LogP contribution in [0.1, 0.15) is 0 Å². The maximum Gasteiger partial charge on any atom is 0.253 e. The molecule has 2 amide bonds. The fourth-order valence-electron chi connectivity index (χ4n) is 2.28. The van der Waals surface area contributed by atoms with Gasteiger partial charge in [0.2, 0.25) is 0 Å². The van der Waals surface area contributed by atoms with Crippen molar-refractivity contribution in [1.82, 2.24) is 4.90 Å². The number of hydrogen-bond donors (Lipinski definition) is 0. The molecule has 0 aromatic heterocycles. The molecule has 1 aliphatic rings. The summed E-state index contributed by atoms with van der Waals surface area (Å²) in [4.78, 5) is 23.8. The van der Waals surface area contributed by atoms with Crippen molar-refractivity contribution in [3.63, 3.8) is 0 Å². The summed E-state index contributed by atoms with van der Waals surface area (Å²) in [5, 5.41) is 0. The zero-order chi connectivity index (χ0) is 22.4. The van der Waals surface area contributed by atoms with Gasteiger partial charge in [-0.25, -0.2) is 0 Å². The highest BCUT2D eigenvalue weighted by atomic mass is 35.5. The quantitative estimate of drug-likeness (QED) is 0.119. The molecule has 0 aromatic carbocycles. The van der Waals surface area contributed by atoms with Gasteiger partial charge in [-0.2, -0.15) is 0 Å². The van der Waals surface area contributed by atoms with Crippen molar-refractivity contribution in [3.05, 3.63) is 12.2 Å². The number of ether oxygens (including phenoxy) is 7. The molecule has 180 valence electrons. The van der Waals surface area contributed by atoms with Crippen molar-refractivity contribution in [1.29, 1.82) is 0 Å². The Labute approximate surface area is 188 Å². The average Bonchev–Trinajstić information content (AvgIpc) is 3.09. The van der Waals surface area contributed by atoms with Crippen LogP contribution in [0.4, 0.5) is 0 Å². The molecular weight excluding hydrogens is 434 g/mol. The van der Waals surface area contributed by atoms with Crippen LogP contribution in [0.25, 0.3) is 0 Å². The fourth-order valence-corrected chi connectivity index (χ4v) is 2.39. The lowest BCUT2D eigenvalue weighted by Crippen LogP contribution is -2.33. The minimum atomic E-state index is -0.302. The van der Waals surface area contributed by atoms with Crippen LogP contribution in [-0.4, -0.2) is 122 Å². The zero-order valence-corrected chi connectivity index (χ0v) is 18.7. The molecule has 0 atom stereocenters. The first kappa shape index (κ1) is 27.9. The first-order chi connectivity index (χ1) is 15.3. The van der Waals surface area contributed by atoms with Gasteiger partial charge in [-0.05, 0) is 0 Å². The van der Waals surface area contributed by atoms with Crippen LogP contribution in [0.5, 0.6) is 0 Å². The standard InChI is InChI=1S/C20H34ClNO9/c21-3-5-25-7-9-27-11-13-29-15-17-31-18-16-30-14-12-28-10-8-26-6-4-22-19(23)1-2-20(22)24/h1-2H,3-18H2. The van der Waals surface area contributed by atoms with Crippen LogP contribution in [0.15, 0.2) is 12.2 Å². The monoisotopic (exact) mass is 467 g/mol. The van der Waals surface area contributed by atoms with Crippen LogP contribution >= 0.6 is 11.6 Å². The molecule has 0 N–H and O–H groups in total. The van der Waals surface area contributed by atoms with Crippen LogP contribution in [-0.2, 0) is 42.7 Å². The third-order valence-electron chi connectivity index (χ3n) is 3.81. The van der Waals surface area contributed by atoms with E-state index in [2.05, 4.69) is 0 Å². The van der Waals surface area contributed by atoms with Gasteiger partial charge in [0.05, 0.1) is 99.0 Å². The number of imide groups is 1. The molecule has 0 aromatic rings. The van der Waals surface area contributed by atoms with Crippen molar-refractivity contribution in [2.45, 2.75) is 0 Å². The van der Waals surface area contributed by atoms with Gasteiger partial charge in [0.25, 0.3) is 11.8 Å². The van der Waals surface area contributed by atoms with Gasteiger partial charge >= 0.3 is 0 Å². The summed E-state index contributed by atoms with van der Waals surface area (Å²) >= 11 is 5.48. The summed E-state index contributed by atoms with van der Waals surface area (Å²) in [5.41, 5.74) is 0. The highest BCUT2D eigenvalue weighted by Crippen LogP contribution is 2.02. The number of hydrogen-bond acceptors (Lipinski definition) is 9. The Hall–Kier alpha value is -1.11. The van der Waals surface area contributed by atoms with E-state index < -0.39 is 0 Å². The van der Waals surface area contributed by atoms with Gasteiger partial charge < -0.3 is 33.2 Å². The molecule has 0 radical (unpaired) electrons. The molecule has 10 nitrogen and oxygen atoms in total. The molecule has 0 spiro atoms. The molecule has 1 aliphatic heterocycles. The molecule has 11 heteroatoms. The second kappa shape index (κ2) is 20.8. The third-order valence-corrected chi connectivity index (χ3v) is 3.97. The van der Waals surface area contributed by atoms with Crippen molar-refractivity contribution < 1.29 is 42.7 Å². The second-order valence-electron chi connectivity index (χ2n) is 6.14. The zero-order valence-electron chi connectivity index (χ0n) is 18.0. The first-order valence-electron chi connectivity index (χ1n) is 10.4. The smallest absolute Gasteiger partial charge is 0.253 e. The van der Waals surface area contributed by atoms with Crippen LogP contribution in [0.3, 0.4) is 0 Å². The lowest BCUT2D eigenvalue weighted by molar-refractivity contribution is -0.137. The van der Waals surface area contributed by atoms with Crippen LogP contribution in [0.2, 0.25) is 0 Å². The highest BCUT2D eigenvalue weighted by Gasteiger charge is 2.22. The highest BCUT2D eigenvalue weighted by molar-refractivity contribution is 6.18.